The lowest BCUT2D eigenvalue weighted by Gasteiger charge is -2.15. The lowest BCUT2D eigenvalue weighted by atomic mass is 10.1. The first-order valence-electron chi connectivity index (χ1n) is 5.12. The third kappa shape index (κ3) is 2.01. The van der Waals surface area contributed by atoms with E-state index in [1.807, 2.05) is 13.8 Å². The zero-order chi connectivity index (χ0) is 11.9. The van der Waals surface area contributed by atoms with E-state index in [2.05, 4.69) is 5.32 Å². The van der Waals surface area contributed by atoms with Gasteiger partial charge in [-0.3, -0.25) is 4.21 Å². The molecule has 16 heavy (non-hydrogen) atoms. The van der Waals surface area contributed by atoms with Gasteiger partial charge in [0, 0.05) is 22.7 Å². The molecular weight excluding hydrogens is 232 g/mol. The first-order valence-corrected chi connectivity index (χ1v) is 6.44. The third-order valence-electron chi connectivity index (χ3n) is 2.53. The van der Waals surface area contributed by atoms with Gasteiger partial charge in [0.1, 0.15) is 0 Å². The van der Waals surface area contributed by atoms with Gasteiger partial charge in [0.25, 0.3) is 0 Å². The fraction of sp³-hybridized carbons (Fsp3) is 0.455. The van der Waals surface area contributed by atoms with E-state index in [0.29, 0.717) is 16.2 Å². The summed E-state index contributed by atoms with van der Waals surface area (Å²) in [5.41, 5.74) is 0.617. The molecule has 0 amide bonds. The van der Waals surface area contributed by atoms with Crippen molar-refractivity contribution < 1.29 is 13.0 Å². The Hall–Kier alpha value is -0.810. The summed E-state index contributed by atoms with van der Waals surface area (Å²) in [5.74, 6) is -1.43. The lowest BCUT2D eigenvalue weighted by Crippen LogP contribution is -2.28. The zero-order valence-corrected chi connectivity index (χ0v) is 9.91. The quantitative estimate of drug-likeness (QED) is 0.864. The molecule has 0 radical (unpaired) electrons. The predicted octanol–water partition coefficient (Wildman–Crippen LogP) is 2.13. The maximum atomic E-state index is 13.1. The van der Waals surface area contributed by atoms with Crippen molar-refractivity contribution in [1.82, 2.24) is 5.32 Å². The van der Waals surface area contributed by atoms with Crippen LogP contribution in [0.15, 0.2) is 17.0 Å². The topological polar surface area (TPSA) is 29.1 Å². The molecule has 0 spiro atoms. The van der Waals surface area contributed by atoms with Crippen molar-refractivity contribution in [3.8, 4) is 0 Å². The van der Waals surface area contributed by atoms with Crippen LogP contribution in [0.5, 0.6) is 0 Å². The number of fused-ring (bicyclic) bond motifs is 1. The summed E-state index contributed by atoms with van der Waals surface area (Å²) in [4.78, 5) is 0.414. The summed E-state index contributed by atoms with van der Waals surface area (Å²) in [7, 11) is -1.23. The maximum absolute atomic E-state index is 13.1. The molecule has 2 nitrogen and oxygen atoms in total. The molecule has 1 N–H and O–H groups in total. The molecule has 1 aliphatic rings. The standard InChI is InChI=1S/C11H13F2NOS/c1-6(2)14-10-5-16(15)11-4-9(13)8(12)3-7(10)11/h3-4,6,10,14H,5H2,1-2H3. The zero-order valence-electron chi connectivity index (χ0n) is 9.09. The van der Waals surface area contributed by atoms with Crippen molar-refractivity contribution in [3.63, 3.8) is 0 Å². The Morgan fingerprint density at radius 3 is 2.62 bits per heavy atom. The second-order valence-electron chi connectivity index (χ2n) is 4.19. The van der Waals surface area contributed by atoms with E-state index in [9.17, 15) is 13.0 Å². The largest absolute Gasteiger partial charge is 0.307 e. The van der Waals surface area contributed by atoms with Crippen LogP contribution in [0, 0.1) is 11.6 Å². The smallest absolute Gasteiger partial charge is 0.160 e. The minimum absolute atomic E-state index is 0.147. The molecule has 1 aromatic carbocycles. The summed E-state index contributed by atoms with van der Waals surface area (Å²) in [6, 6.07) is 2.25. The molecule has 1 heterocycles. The molecule has 0 bridgehead atoms. The predicted molar refractivity (Wildman–Crippen MR) is 58.6 cm³/mol. The van der Waals surface area contributed by atoms with Gasteiger partial charge in [0.2, 0.25) is 0 Å². The van der Waals surface area contributed by atoms with E-state index in [1.165, 1.54) is 0 Å². The lowest BCUT2D eigenvalue weighted by molar-refractivity contribution is 0.487. The summed E-state index contributed by atoms with van der Waals surface area (Å²) in [5, 5.41) is 3.19. The van der Waals surface area contributed by atoms with E-state index in [-0.39, 0.29) is 12.1 Å². The number of halogens is 2. The van der Waals surface area contributed by atoms with Gasteiger partial charge in [-0.1, -0.05) is 13.8 Å². The van der Waals surface area contributed by atoms with Gasteiger partial charge < -0.3 is 5.32 Å². The van der Waals surface area contributed by atoms with E-state index in [1.54, 1.807) is 0 Å². The van der Waals surface area contributed by atoms with Crippen molar-refractivity contribution in [1.29, 1.82) is 0 Å². The molecular formula is C11H13F2NOS. The van der Waals surface area contributed by atoms with Crippen LogP contribution in [0.25, 0.3) is 0 Å². The average Bonchev–Trinajstić information content (AvgIpc) is 2.44. The Labute approximate surface area is 95.5 Å². The fourth-order valence-electron chi connectivity index (χ4n) is 1.88. The van der Waals surface area contributed by atoms with Gasteiger partial charge in [-0.2, -0.15) is 0 Å². The molecule has 0 fully saturated rings. The van der Waals surface area contributed by atoms with Crippen molar-refractivity contribution in [2.24, 2.45) is 0 Å². The van der Waals surface area contributed by atoms with Crippen LogP contribution in [0.4, 0.5) is 8.78 Å². The third-order valence-corrected chi connectivity index (χ3v) is 4.01. The molecule has 0 saturated heterocycles. The Kier molecular flexibility index (Phi) is 3.08. The van der Waals surface area contributed by atoms with Crippen molar-refractivity contribution in [2.75, 3.05) is 5.75 Å². The second-order valence-corrected chi connectivity index (χ2v) is 5.65. The Balaban J connectivity index is 2.41. The van der Waals surface area contributed by atoms with E-state index >= 15 is 0 Å². The van der Waals surface area contributed by atoms with Crippen molar-refractivity contribution >= 4 is 10.8 Å². The molecule has 2 atom stereocenters. The van der Waals surface area contributed by atoms with E-state index in [4.69, 9.17) is 0 Å². The Bertz CT molecular complexity index is 448. The van der Waals surface area contributed by atoms with Crippen LogP contribution < -0.4 is 5.32 Å². The number of benzene rings is 1. The highest BCUT2D eigenvalue weighted by molar-refractivity contribution is 7.85. The number of rotatable bonds is 2. The summed E-state index contributed by atoms with van der Waals surface area (Å²) in [6.45, 7) is 3.92. The van der Waals surface area contributed by atoms with Gasteiger partial charge in [-0.15, -0.1) is 0 Å². The van der Waals surface area contributed by atoms with E-state index < -0.39 is 22.4 Å². The molecule has 1 aliphatic heterocycles. The molecule has 0 aliphatic carbocycles. The Morgan fingerprint density at radius 1 is 1.38 bits per heavy atom. The first-order chi connectivity index (χ1) is 7.49. The molecule has 88 valence electrons. The van der Waals surface area contributed by atoms with Gasteiger partial charge in [0.05, 0.1) is 10.8 Å². The van der Waals surface area contributed by atoms with Gasteiger partial charge >= 0.3 is 0 Å². The molecule has 0 aromatic heterocycles. The average molecular weight is 245 g/mol. The monoisotopic (exact) mass is 245 g/mol. The van der Waals surface area contributed by atoms with Gasteiger partial charge in [0.15, 0.2) is 11.6 Å². The van der Waals surface area contributed by atoms with Crippen LogP contribution in [0.2, 0.25) is 0 Å². The first kappa shape index (κ1) is 11.7. The normalized spacial score (nSPS) is 23.8. The van der Waals surface area contributed by atoms with Crippen molar-refractivity contribution in [3.05, 3.63) is 29.3 Å². The fourth-order valence-corrected chi connectivity index (χ4v) is 3.34. The SMILES string of the molecule is CC(C)NC1CS(=O)c2cc(F)c(F)cc21. The highest BCUT2D eigenvalue weighted by Crippen LogP contribution is 2.32. The number of hydrogen-bond acceptors (Lipinski definition) is 2. The van der Waals surface area contributed by atoms with Crippen LogP contribution in [0.3, 0.4) is 0 Å². The van der Waals surface area contributed by atoms with Gasteiger partial charge in [-0.25, -0.2) is 8.78 Å². The highest BCUT2D eigenvalue weighted by atomic mass is 32.2. The van der Waals surface area contributed by atoms with Gasteiger partial charge in [-0.05, 0) is 17.7 Å². The Morgan fingerprint density at radius 2 is 2.00 bits per heavy atom. The number of nitrogens with one attached hydrogen (secondary N) is 1. The minimum Gasteiger partial charge on any atom is -0.307 e. The van der Waals surface area contributed by atoms with Crippen LogP contribution in [-0.2, 0) is 10.8 Å². The van der Waals surface area contributed by atoms with E-state index in [0.717, 1.165) is 12.1 Å². The van der Waals surface area contributed by atoms with Crippen molar-refractivity contribution in [2.45, 2.75) is 30.8 Å². The number of hydrogen-bond donors (Lipinski definition) is 1. The summed E-state index contributed by atoms with van der Waals surface area (Å²) in [6.07, 6.45) is 0. The summed E-state index contributed by atoms with van der Waals surface area (Å²) < 4.78 is 37.8. The minimum atomic E-state index is -1.23. The highest BCUT2D eigenvalue weighted by Gasteiger charge is 2.30. The molecule has 2 rings (SSSR count). The van der Waals surface area contributed by atoms with Crippen LogP contribution in [0.1, 0.15) is 25.5 Å². The maximum Gasteiger partial charge on any atom is 0.160 e. The second kappa shape index (κ2) is 4.22. The molecule has 1 aromatic rings. The molecule has 0 saturated carbocycles. The van der Waals surface area contributed by atoms with Crippen LogP contribution >= 0.6 is 0 Å². The summed E-state index contributed by atoms with van der Waals surface area (Å²) >= 11 is 0. The van der Waals surface area contributed by atoms with Crippen LogP contribution in [-0.4, -0.2) is 16.0 Å². The molecule has 2 unspecified atom stereocenters. The molecule has 5 heteroatoms.